The summed E-state index contributed by atoms with van der Waals surface area (Å²) < 4.78 is 0. The van der Waals surface area contributed by atoms with Crippen LogP contribution in [0.4, 0.5) is 0 Å². The van der Waals surface area contributed by atoms with Crippen molar-refractivity contribution in [3.05, 3.63) is 0 Å². The number of carbonyl (C=O) groups excluding carboxylic acids is 1. The Balaban J connectivity index is 2.05. The zero-order valence-electron chi connectivity index (χ0n) is 9.18. The Hall–Kier alpha value is -0.610. The molecule has 1 aliphatic heterocycles. The number of hydrogen-bond donors (Lipinski definition) is 2. The molecule has 82 valence electrons. The van der Waals surface area contributed by atoms with Gasteiger partial charge in [0.2, 0.25) is 5.91 Å². The Bertz CT molecular complexity index is 176. The van der Waals surface area contributed by atoms with Crippen molar-refractivity contribution in [2.24, 2.45) is 0 Å². The van der Waals surface area contributed by atoms with Crippen molar-refractivity contribution in [3.8, 4) is 0 Å². The fraction of sp³-hybridized carbons (Fsp3) is 0.900. The molecule has 2 N–H and O–H groups in total. The molecule has 0 aromatic heterocycles. The zero-order chi connectivity index (χ0) is 10.4. The van der Waals surface area contributed by atoms with E-state index in [1.807, 2.05) is 0 Å². The number of amides is 1. The van der Waals surface area contributed by atoms with Crippen molar-refractivity contribution in [2.75, 3.05) is 33.7 Å². The number of nitrogens with one attached hydrogen (secondary N) is 2. The Morgan fingerprint density at radius 2 is 2.36 bits per heavy atom. The van der Waals surface area contributed by atoms with Gasteiger partial charge in [0.15, 0.2) is 0 Å². The third-order valence-corrected chi connectivity index (χ3v) is 2.57. The average molecular weight is 199 g/mol. The largest absolute Gasteiger partial charge is 0.349 e. The summed E-state index contributed by atoms with van der Waals surface area (Å²) in [6.07, 6.45) is 3.06. The highest BCUT2D eigenvalue weighted by atomic mass is 16.2. The molecule has 1 amide bonds. The Labute approximate surface area is 86.0 Å². The van der Waals surface area contributed by atoms with Crippen molar-refractivity contribution in [1.29, 1.82) is 0 Å². The lowest BCUT2D eigenvalue weighted by Gasteiger charge is -2.24. The van der Waals surface area contributed by atoms with Gasteiger partial charge < -0.3 is 15.5 Å². The van der Waals surface area contributed by atoms with Crippen LogP contribution in [0, 0.1) is 0 Å². The van der Waals surface area contributed by atoms with Gasteiger partial charge in [0.05, 0.1) is 0 Å². The summed E-state index contributed by atoms with van der Waals surface area (Å²) in [6.45, 7) is 2.97. The first-order chi connectivity index (χ1) is 6.70. The molecule has 0 spiro atoms. The van der Waals surface area contributed by atoms with Gasteiger partial charge in [-0.15, -0.1) is 0 Å². The molecule has 1 aliphatic rings. The second kappa shape index (κ2) is 5.98. The summed E-state index contributed by atoms with van der Waals surface area (Å²) in [6, 6.07) is 0.554. The average Bonchev–Trinajstić information content (AvgIpc) is 2.19. The van der Waals surface area contributed by atoms with Gasteiger partial charge in [-0.3, -0.25) is 4.79 Å². The molecular formula is C10H21N3O. The van der Waals surface area contributed by atoms with Crippen LogP contribution in [0.15, 0.2) is 0 Å². The minimum atomic E-state index is 0.196. The van der Waals surface area contributed by atoms with E-state index in [-0.39, 0.29) is 5.91 Å². The zero-order valence-corrected chi connectivity index (χ0v) is 9.18. The molecule has 0 saturated carbocycles. The van der Waals surface area contributed by atoms with E-state index in [0.717, 1.165) is 19.6 Å². The van der Waals surface area contributed by atoms with E-state index in [1.54, 1.807) is 19.0 Å². The molecule has 1 saturated heterocycles. The van der Waals surface area contributed by atoms with Crippen molar-refractivity contribution in [3.63, 3.8) is 0 Å². The molecule has 1 atom stereocenters. The van der Waals surface area contributed by atoms with Gasteiger partial charge in [0, 0.05) is 39.6 Å². The second-order valence-electron chi connectivity index (χ2n) is 4.04. The first-order valence-electron chi connectivity index (χ1n) is 5.34. The third kappa shape index (κ3) is 4.07. The van der Waals surface area contributed by atoms with E-state index >= 15 is 0 Å². The molecule has 1 unspecified atom stereocenters. The van der Waals surface area contributed by atoms with Gasteiger partial charge in [0.25, 0.3) is 0 Å². The van der Waals surface area contributed by atoms with E-state index in [2.05, 4.69) is 10.6 Å². The molecule has 4 nitrogen and oxygen atoms in total. The monoisotopic (exact) mass is 199 g/mol. The van der Waals surface area contributed by atoms with Crippen LogP contribution in [0.2, 0.25) is 0 Å². The highest BCUT2D eigenvalue weighted by molar-refractivity contribution is 5.75. The van der Waals surface area contributed by atoms with Gasteiger partial charge in [-0.25, -0.2) is 0 Å². The smallest absolute Gasteiger partial charge is 0.223 e. The van der Waals surface area contributed by atoms with E-state index < -0.39 is 0 Å². The molecule has 1 heterocycles. The fourth-order valence-corrected chi connectivity index (χ4v) is 1.63. The van der Waals surface area contributed by atoms with E-state index in [1.165, 1.54) is 12.8 Å². The maximum atomic E-state index is 11.3. The van der Waals surface area contributed by atoms with E-state index in [0.29, 0.717) is 12.5 Å². The van der Waals surface area contributed by atoms with Gasteiger partial charge in [0.1, 0.15) is 0 Å². The van der Waals surface area contributed by atoms with Crippen LogP contribution in [-0.2, 0) is 4.79 Å². The molecular weight excluding hydrogens is 178 g/mol. The molecule has 0 aromatic carbocycles. The highest BCUT2D eigenvalue weighted by Crippen LogP contribution is 2.00. The summed E-state index contributed by atoms with van der Waals surface area (Å²) >= 11 is 0. The van der Waals surface area contributed by atoms with Crippen molar-refractivity contribution in [2.45, 2.75) is 25.3 Å². The van der Waals surface area contributed by atoms with Crippen LogP contribution in [0.5, 0.6) is 0 Å². The summed E-state index contributed by atoms with van der Waals surface area (Å²) in [7, 11) is 3.59. The van der Waals surface area contributed by atoms with Gasteiger partial charge in [-0.2, -0.15) is 0 Å². The van der Waals surface area contributed by atoms with Crippen LogP contribution >= 0.6 is 0 Å². The van der Waals surface area contributed by atoms with Crippen LogP contribution in [0.3, 0.4) is 0 Å². The Morgan fingerprint density at radius 3 is 2.93 bits per heavy atom. The predicted molar refractivity (Wildman–Crippen MR) is 57.2 cm³/mol. The fourth-order valence-electron chi connectivity index (χ4n) is 1.63. The van der Waals surface area contributed by atoms with Gasteiger partial charge >= 0.3 is 0 Å². The lowest BCUT2D eigenvalue weighted by Crippen LogP contribution is -2.44. The predicted octanol–water partition coefficient (Wildman–Crippen LogP) is -0.194. The SMILES string of the molecule is CN(C)C(=O)CCNC1CCCNC1. The molecule has 1 rings (SSSR count). The Kier molecular flexibility index (Phi) is 4.90. The number of carbonyl (C=O) groups is 1. The minimum Gasteiger partial charge on any atom is -0.349 e. The molecule has 14 heavy (non-hydrogen) atoms. The quantitative estimate of drug-likeness (QED) is 0.659. The molecule has 0 aromatic rings. The summed E-state index contributed by atoms with van der Waals surface area (Å²) in [5.41, 5.74) is 0. The number of piperidine rings is 1. The first-order valence-corrected chi connectivity index (χ1v) is 5.34. The van der Waals surface area contributed by atoms with Crippen LogP contribution in [0.25, 0.3) is 0 Å². The van der Waals surface area contributed by atoms with Gasteiger partial charge in [-0.1, -0.05) is 0 Å². The van der Waals surface area contributed by atoms with Crippen LogP contribution in [0.1, 0.15) is 19.3 Å². The molecule has 4 heteroatoms. The van der Waals surface area contributed by atoms with Crippen molar-refractivity contribution >= 4 is 5.91 Å². The van der Waals surface area contributed by atoms with Crippen molar-refractivity contribution in [1.82, 2.24) is 15.5 Å². The maximum absolute atomic E-state index is 11.3. The van der Waals surface area contributed by atoms with Crippen LogP contribution in [-0.4, -0.2) is 50.6 Å². The standard InChI is InChI=1S/C10H21N3O/c1-13(2)10(14)5-7-12-9-4-3-6-11-8-9/h9,11-12H,3-8H2,1-2H3. The normalized spacial score (nSPS) is 22.0. The summed E-state index contributed by atoms with van der Waals surface area (Å²) in [5, 5.41) is 6.74. The number of hydrogen-bond acceptors (Lipinski definition) is 3. The summed E-state index contributed by atoms with van der Waals surface area (Å²) in [5.74, 6) is 0.196. The number of rotatable bonds is 4. The second-order valence-corrected chi connectivity index (χ2v) is 4.04. The van der Waals surface area contributed by atoms with Crippen LogP contribution < -0.4 is 10.6 Å². The summed E-state index contributed by atoms with van der Waals surface area (Å²) in [4.78, 5) is 12.9. The van der Waals surface area contributed by atoms with E-state index in [9.17, 15) is 4.79 Å². The third-order valence-electron chi connectivity index (χ3n) is 2.57. The van der Waals surface area contributed by atoms with Gasteiger partial charge in [-0.05, 0) is 19.4 Å². The lowest BCUT2D eigenvalue weighted by atomic mass is 10.1. The lowest BCUT2D eigenvalue weighted by molar-refractivity contribution is -0.128. The highest BCUT2D eigenvalue weighted by Gasteiger charge is 2.12. The maximum Gasteiger partial charge on any atom is 0.223 e. The topological polar surface area (TPSA) is 44.4 Å². The minimum absolute atomic E-state index is 0.196. The number of nitrogens with zero attached hydrogens (tertiary/aromatic N) is 1. The van der Waals surface area contributed by atoms with Crippen molar-refractivity contribution < 1.29 is 4.79 Å². The molecule has 0 aliphatic carbocycles. The van der Waals surface area contributed by atoms with E-state index in [4.69, 9.17) is 0 Å². The molecule has 0 bridgehead atoms. The molecule has 1 fully saturated rings. The molecule has 0 radical (unpaired) electrons. The Morgan fingerprint density at radius 1 is 1.57 bits per heavy atom. The first kappa shape index (κ1) is 11.5.